The molecule has 0 saturated heterocycles. The van der Waals surface area contributed by atoms with Gasteiger partial charge in [0.15, 0.2) is 0 Å². The summed E-state index contributed by atoms with van der Waals surface area (Å²) in [6, 6.07) is 108. The van der Waals surface area contributed by atoms with E-state index in [9.17, 15) is 0 Å². The monoisotopic (exact) mass is 1130 g/mol. The van der Waals surface area contributed by atoms with Crippen molar-refractivity contribution in [3.05, 3.63) is 279 Å². The van der Waals surface area contributed by atoms with E-state index in [0.29, 0.717) is 0 Å². The average molecular weight is 1130 g/mol. The Morgan fingerprint density at radius 1 is 0.100 bits per heavy atom. The number of hydrogen-bond donors (Lipinski definition) is 0. The Morgan fingerprint density at radius 3 is 0.633 bits per heavy atom. The van der Waals surface area contributed by atoms with E-state index in [1.165, 1.54) is 240 Å². The van der Waals surface area contributed by atoms with Gasteiger partial charge in [0.25, 0.3) is 0 Å². The molecule has 21 aromatic carbocycles. The van der Waals surface area contributed by atoms with E-state index in [1.54, 1.807) is 0 Å². The molecule has 90 heavy (non-hydrogen) atoms. The lowest BCUT2D eigenvalue weighted by Gasteiger charge is -2.23. The summed E-state index contributed by atoms with van der Waals surface area (Å²) < 4.78 is 0. The highest BCUT2D eigenvalue weighted by atomic mass is 14.4. The van der Waals surface area contributed by atoms with Crippen molar-refractivity contribution in [2.75, 3.05) is 0 Å². The summed E-state index contributed by atoms with van der Waals surface area (Å²) in [5.74, 6) is 0. The fraction of sp³-hybridized carbons (Fsp3) is 0. The van der Waals surface area contributed by atoms with Crippen molar-refractivity contribution >= 4 is 151 Å². The molecule has 2 aliphatic carbocycles. The molecule has 0 fully saturated rings. The summed E-state index contributed by atoms with van der Waals surface area (Å²) in [5.41, 5.74) is 20.7. The molecule has 23 rings (SSSR count). The molecule has 0 bridgehead atoms. The molecule has 0 N–H and O–H groups in total. The second kappa shape index (κ2) is 16.3. The van der Waals surface area contributed by atoms with Gasteiger partial charge in [-0.3, -0.25) is 0 Å². The Kier molecular flexibility index (Phi) is 8.41. The lowest BCUT2D eigenvalue weighted by Crippen LogP contribution is -1.96. The van der Waals surface area contributed by atoms with Crippen molar-refractivity contribution in [3.8, 4) is 89.0 Å². The number of hydrogen-bond acceptors (Lipinski definition) is 0. The highest BCUT2D eigenvalue weighted by Crippen LogP contribution is 2.65. The average Bonchev–Trinajstić information content (AvgIpc) is 1.48. The molecule has 0 heterocycles. The Bertz CT molecular complexity index is 6400. The molecule has 0 heteroatoms. The van der Waals surface area contributed by atoms with Gasteiger partial charge >= 0.3 is 0 Å². The third-order valence-electron chi connectivity index (χ3n) is 21.9. The van der Waals surface area contributed by atoms with Gasteiger partial charge in [-0.05, 0) is 240 Å². The van der Waals surface area contributed by atoms with Crippen LogP contribution in [-0.2, 0) is 0 Å². The molecule has 0 unspecified atom stereocenters. The van der Waals surface area contributed by atoms with Gasteiger partial charge in [-0.2, -0.15) is 0 Å². The van der Waals surface area contributed by atoms with Crippen LogP contribution in [0, 0.1) is 0 Å². The van der Waals surface area contributed by atoms with Crippen LogP contribution in [0.4, 0.5) is 0 Å². The van der Waals surface area contributed by atoms with Gasteiger partial charge in [0.1, 0.15) is 0 Å². The normalized spacial score (nSPS) is 12.9. The first kappa shape index (κ1) is 46.5. The molecule has 0 aromatic heterocycles. The predicted molar refractivity (Wildman–Crippen MR) is 387 cm³/mol. The van der Waals surface area contributed by atoms with Crippen LogP contribution < -0.4 is 0 Å². The van der Waals surface area contributed by atoms with Crippen LogP contribution in [0.5, 0.6) is 0 Å². The highest BCUT2D eigenvalue weighted by molar-refractivity contribution is 6.38. The largest absolute Gasteiger partial charge is 0.0616 e. The zero-order chi connectivity index (χ0) is 57.9. The molecule has 0 radical (unpaired) electrons. The van der Waals surface area contributed by atoms with Gasteiger partial charge in [-0.15, -0.1) is 0 Å². The second-order valence-electron chi connectivity index (χ2n) is 25.9. The standard InChI is InChI=1S/C90H46/c1-2-16-62-61(15-1)83(69-39-31-57-23-19-49-9-5-13-53-29-37-67(69)81(57)77(49)53)89-73-45-43-71-85-65(59-33-25-55-21-17-47-7-3-11-51-27-35-63(59)79(55)75(47)51)41-42-66(60-34-26-56-22-18-48-8-4-12-52-28-36-64(60)80(56)76(48)52)86(85)72-44-46-74(88(73)87(71)72)90(89)84(62)70-40-32-58-24-20-50-10-6-14-54-30-38-68(70)82(58)78(50)54/h1-46H. The fourth-order valence-corrected chi connectivity index (χ4v) is 18.3. The Labute approximate surface area is 515 Å². The van der Waals surface area contributed by atoms with Crippen molar-refractivity contribution in [2.45, 2.75) is 0 Å². The minimum absolute atomic E-state index is 1.26. The first-order chi connectivity index (χ1) is 44.7. The maximum absolute atomic E-state index is 2.53. The molecule has 0 atom stereocenters. The Balaban J connectivity index is 0.870. The summed E-state index contributed by atoms with van der Waals surface area (Å²) in [6.45, 7) is 0. The summed E-state index contributed by atoms with van der Waals surface area (Å²) in [4.78, 5) is 0. The van der Waals surface area contributed by atoms with Crippen LogP contribution in [0.15, 0.2) is 279 Å². The minimum atomic E-state index is 1.26. The lowest BCUT2D eigenvalue weighted by molar-refractivity contribution is 1.63. The van der Waals surface area contributed by atoms with Crippen molar-refractivity contribution in [3.63, 3.8) is 0 Å². The Hall–Kier alpha value is -11.7. The number of fused-ring (bicyclic) bond motifs is 7. The number of benzene rings is 21. The van der Waals surface area contributed by atoms with Gasteiger partial charge in [0.05, 0.1) is 0 Å². The predicted octanol–water partition coefficient (Wildman–Crippen LogP) is 25.5. The van der Waals surface area contributed by atoms with Gasteiger partial charge in [-0.1, -0.05) is 279 Å². The molecule has 406 valence electrons. The van der Waals surface area contributed by atoms with Crippen LogP contribution in [0.25, 0.3) is 240 Å². The van der Waals surface area contributed by atoms with E-state index in [2.05, 4.69) is 279 Å². The van der Waals surface area contributed by atoms with E-state index in [-0.39, 0.29) is 0 Å². The summed E-state index contributed by atoms with van der Waals surface area (Å²) in [6.07, 6.45) is 0. The molecular weight excluding hydrogens is 1080 g/mol. The maximum Gasteiger partial charge on any atom is -0.000718 e. The van der Waals surface area contributed by atoms with Gasteiger partial charge < -0.3 is 0 Å². The summed E-state index contributed by atoms with van der Waals surface area (Å²) >= 11 is 0. The van der Waals surface area contributed by atoms with Gasteiger partial charge in [0.2, 0.25) is 0 Å². The van der Waals surface area contributed by atoms with Crippen molar-refractivity contribution < 1.29 is 0 Å². The number of rotatable bonds is 4. The van der Waals surface area contributed by atoms with Crippen LogP contribution in [0.3, 0.4) is 0 Å². The third kappa shape index (κ3) is 5.59. The lowest BCUT2D eigenvalue weighted by atomic mass is 9.79. The molecule has 2 aliphatic rings. The van der Waals surface area contributed by atoms with E-state index in [0.717, 1.165) is 0 Å². The Morgan fingerprint density at radius 2 is 0.322 bits per heavy atom. The van der Waals surface area contributed by atoms with Crippen LogP contribution in [0.2, 0.25) is 0 Å². The molecular formula is C90H46. The van der Waals surface area contributed by atoms with Crippen LogP contribution in [0.1, 0.15) is 0 Å². The SMILES string of the molecule is c1cc2ccc3ccc(-c4ccc(-c5ccc6ccc7cccc8ccc5c6c78)c5c4-c4ccc6c7c(ccc-5c47)-c4c-6c(-c5ccc6ccc7cccc8ccc5c6c78)c5ccccc5c4-c4ccc5ccc6cccc7ccc4c5c67)c4ccc(c1)c2c34. The summed E-state index contributed by atoms with van der Waals surface area (Å²) in [7, 11) is 0. The first-order valence-corrected chi connectivity index (χ1v) is 31.7. The van der Waals surface area contributed by atoms with Gasteiger partial charge in [-0.25, -0.2) is 0 Å². The van der Waals surface area contributed by atoms with E-state index in [1.807, 2.05) is 0 Å². The van der Waals surface area contributed by atoms with E-state index >= 15 is 0 Å². The van der Waals surface area contributed by atoms with Crippen LogP contribution in [-0.4, -0.2) is 0 Å². The van der Waals surface area contributed by atoms with E-state index in [4.69, 9.17) is 0 Å². The third-order valence-corrected chi connectivity index (χ3v) is 21.9. The fourth-order valence-electron chi connectivity index (χ4n) is 18.3. The second-order valence-corrected chi connectivity index (χ2v) is 25.9. The zero-order valence-corrected chi connectivity index (χ0v) is 48.6. The van der Waals surface area contributed by atoms with Crippen LogP contribution >= 0.6 is 0 Å². The van der Waals surface area contributed by atoms with Gasteiger partial charge in [0, 0.05) is 0 Å². The van der Waals surface area contributed by atoms with E-state index < -0.39 is 0 Å². The molecule has 0 aliphatic heterocycles. The van der Waals surface area contributed by atoms with Crippen molar-refractivity contribution in [1.82, 2.24) is 0 Å². The zero-order valence-electron chi connectivity index (χ0n) is 48.6. The molecule has 0 saturated carbocycles. The minimum Gasteiger partial charge on any atom is -0.0616 e. The molecule has 0 nitrogen and oxygen atoms in total. The molecule has 21 aromatic rings. The van der Waals surface area contributed by atoms with Crippen molar-refractivity contribution in [2.24, 2.45) is 0 Å². The topological polar surface area (TPSA) is 0 Å². The highest BCUT2D eigenvalue weighted by Gasteiger charge is 2.37. The van der Waals surface area contributed by atoms with Crippen molar-refractivity contribution in [1.29, 1.82) is 0 Å². The molecule has 0 spiro atoms. The quantitative estimate of drug-likeness (QED) is 0.154. The maximum atomic E-state index is 2.53. The molecule has 0 amide bonds. The summed E-state index contributed by atoms with van der Waals surface area (Å²) in [5, 5.41) is 36.4. The first-order valence-electron chi connectivity index (χ1n) is 31.7. The smallest absolute Gasteiger partial charge is 0.000718 e.